The van der Waals surface area contributed by atoms with Crippen molar-refractivity contribution in [3.63, 3.8) is 0 Å². The van der Waals surface area contributed by atoms with Crippen molar-refractivity contribution >= 4 is 23.5 Å². The number of nitriles is 1. The maximum Gasteiger partial charge on any atom is 0.235 e. The van der Waals surface area contributed by atoms with Crippen LogP contribution >= 0.6 is 11.8 Å². The van der Waals surface area contributed by atoms with Crippen LogP contribution in [0.2, 0.25) is 0 Å². The van der Waals surface area contributed by atoms with E-state index in [0.717, 1.165) is 40.9 Å². The first-order chi connectivity index (χ1) is 15.4. The summed E-state index contributed by atoms with van der Waals surface area (Å²) in [6, 6.07) is 8.58. The molecule has 4 rings (SSSR count). The maximum atomic E-state index is 12.9. The molecule has 1 aliphatic carbocycles. The van der Waals surface area contributed by atoms with Gasteiger partial charge in [0, 0.05) is 11.7 Å². The molecule has 0 bridgehead atoms. The monoisotopic (exact) mass is 449 g/mol. The second kappa shape index (κ2) is 9.17. The van der Waals surface area contributed by atoms with Gasteiger partial charge in [-0.05, 0) is 73.7 Å². The Kier molecular flexibility index (Phi) is 6.33. The number of benzene rings is 1. The topological polar surface area (TPSA) is 101 Å². The lowest BCUT2D eigenvalue weighted by Gasteiger charge is -2.19. The number of rotatable bonds is 6. The quantitative estimate of drug-likeness (QED) is 0.559. The van der Waals surface area contributed by atoms with Crippen molar-refractivity contribution in [2.45, 2.75) is 64.6 Å². The van der Waals surface area contributed by atoms with Gasteiger partial charge in [-0.3, -0.25) is 4.79 Å². The molecule has 3 aromatic rings. The molecule has 0 unspecified atom stereocenters. The average molecular weight is 450 g/mol. The molecule has 0 aliphatic heterocycles. The highest BCUT2D eigenvalue weighted by Gasteiger charge is 2.27. The van der Waals surface area contributed by atoms with Crippen LogP contribution in [0.4, 0.5) is 5.82 Å². The predicted octanol–water partition coefficient (Wildman–Crippen LogP) is 4.42. The van der Waals surface area contributed by atoms with Gasteiger partial charge in [0.2, 0.25) is 11.1 Å². The highest BCUT2D eigenvalue weighted by molar-refractivity contribution is 7.99. The summed E-state index contributed by atoms with van der Waals surface area (Å²) < 4.78 is 3.82. The fourth-order valence-electron chi connectivity index (χ4n) is 4.39. The van der Waals surface area contributed by atoms with Crippen LogP contribution < -0.4 is 5.32 Å². The third kappa shape index (κ3) is 4.02. The van der Waals surface area contributed by atoms with Gasteiger partial charge >= 0.3 is 0 Å². The molecule has 8 nitrogen and oxygen atoms in total. The molecule has 1 amide bonds. The van der Waals surface area contributed by atoms with Crippen LogP contribution in [0.5, 0.6) is 0 Å². The Bertz CT molecular complexity index is 1200. The van der Waals surface area contributed by atoms with E-state index in [1.165, 1.54) is 24.6 Å². The summed E-state index contributed by atoms with van der Waals surface area (Å²) in [6.45, 7) is 8.04. The average Bonchev–Trinajstić information content (AvgIpc) is 3.50. The van der Waals surface area contributed by atoms with E-state index in [4.69, 9.17) is 0 Å². The van der Waals surface area contributed by atoms with Crippen molar-refractivity contribution < 1.29 is 4.79 Å². The van der Waals surface area contributed by atoms with Crippen molar-refractivity contribution in [2.24, 2.45) is 0 Å². The number of nitrogens with one attached hydrogen (secondary N) is 1. The van der Waals surface area contributed by atoms with Crippen molar-refractivity contribution in [3.05, 3.63) is 46.1 Å². The number of carbonyl (C=O) groups excluding carboxylic acids is 1. The Morgan fingerprint density at radius 3 is 2.69 bits per heavy atom. The zero-order chi connectivity index (χ0) is 22.8. The van der Waals surface area contributed by atoms with Crippen LogP contribution in [-0.4, -0.2) is 36.4 Å². The molecule has 32 heavy (non-hydrogen) atoms. The van der Waals surface area contributed by atoms with Gasteiger partial charge in [0.1, 0.15) is 11.9 Å². The third-order valence-electron chi connectivity index (χ3n) is 6.39. The number of amides is 1. The summed E-state index contributed by atoms with van der Waals surface area (Å²) in [7, 11) is 0. The SMILES string of the molecule is Cc1cccc(-n2nnnc2SCC(=O)Nc2c(C#N)c(C)c(C)n2C2CCCC2)c1C. The van der Waals surface area contributed by atoms with E-state index in [0.29, 0.717) is 22.6 Å². The standard InChI is InChI=1S/C23H27N7OS/c1-14-8-7-11-20(15(14)2)30-23(26-27-28-30)32-13-21(31)25-22-19(12-24)16(3)17(4)29(22)18-9-5-6-10-18/h7-8,11,18H,5-6,9-10,13H2,1-4H3,(H,25,31). The van der Waals surface area contributed by atoms with E-state index >= 15 is 0 Å². The summed E-state index contributed by atoms with van der Waals surface area (Å²) in [6.07, 6.45) is 4.49. The van der Waals surface area contributed by atoms with Gasteiger partial charge in [0.15, 0.2) is 0 Å². The second-order valence-electron chi connectivity index (χ2n) is 8.28. The van der Waals surface area contributed by atoms with Gasteiger partial charge in [0.05, 0.1) is 17.0 Å². The molecule has 1 N–H and O–H groups in total. The van der Waals surface area contributed by atoms with Gasteiger partial charge in [-0.1, -0.05) is 36.7 Å². The molecule has 1 fully saturated rings. The van der Waals surface area contributed by atoms with Crippen molar-refractivity contribution in [1.82, 2.24) is 24.8 Å². The van der Waals surface area contributed by atoms with Crippen molar-refractivity contribution in [1.29, 1.82) is 5.26 Å². The summed E-state index contributed by atoms with van der Waals surface area (Å²) in [5.41, 5.74) is 5.66. The zero-order valence-corrected chi connectivity index (χ0v) is 19.7. The van der Waals surface area contributed by atoms with Crippen LogP contribution in [0.15, 0.2) is 23.4 Å². The first kappa shape index (κ1) is 22.1. The highest BCUT2D eigenvalue weighted by atomic mass is 32.2. The van der Waals surface area contributed by atoms with E-state index < -0.39 is 0 Å². The maximum absolute atomic E-state index is 12.9. The lowest BCUT2D eigenvalue weighted by molar-refractivity contribution is -0.113. The summed E-state index contributed by atoms with van der Waals surface area (Å²) in [5, 5.41) is 25.3. The number of carbonyl (C=O) groups is 1. The minimum atomic E-state index is -0.182. The fraction of sp³-hybridized carbons (Fsp3) is 0.435. The normalized spacial score (nSPS) is 14.0. The molecule has 0 spiro atoms. The Morgan fingerprint density at radius 2 is 1.97 bits per heavy atom. The largest absolute Gasteiger partial charge is 0.327 e. The molecule has 9 heteroatoms. The van der Waals surface area contributed by atoms with Crippen LogP contribution in [0.1, 0.15) is 59.7 Å². The molecule has 0 radical (unpaired) electrons. The Labute approximate surface area is 192 Å². The fourth-order valence-corrected chi connectivity index (χ4v) is 5.07. The number of aromatic nitrogens is 5. The van der Waals surface area contributed by atoms with E-state index in [-0.39, 0.29) is 11.7 Å². The molecular formula is C23H27N7OS. The lowest BCUT2D eigenvalue weighted by atomic mass is 10.1. The molecule has 0 atom stereocenters. The molecule has 1 aliphatic rings. The first-order valence-electron chi connectivity index (χ1n) is 10.8. The molecule has 2 aromatic heterocycles. The predicted molar refractivity (Wildman–Crippen MR) is 124 cm³/mol. The number of anilines is 1. The first-order valence-corrected chi connectivity index (χ1v) is 11.8. The Morgan fingerprint density at radius 1 is 1.22 bits per heavy atom. The van der Waals surface area contributed by atoms with Crippen molar-refractivity contribution in [2.75, 3.05) is 11.1 Å². The van der Waals surface area contributed by atoms with Gasteiger partial charge in [0.25, 0.3) is 0 Å². The molecule has 0 saturated heterocycles. The van der Waals surface area contributed by atoms with Gasteiger partial charge < -0.3 is 9.88 Å². The smallest absolute Gasteiger partial charge is 0.235 e. The van der Waals surface area contributed by atoms with E-state index in [1.54, 1.807) is 4.68 Å². The van der Waals surface area contributed by atoms with Crippen LogP contribution in [0.25, 0.3) is 5.69 Å². The third-order valence-corrected chi connectivity index (χ3v) is 7.31. The number of nitrogens with zero attached hydrogens (tertiary/aromatic N) is 6. The van der Waals surface area contributed by atoms with E-state index in [1.807, 2.05) is 45.9 Å². The Balaban J connectivity index is 1.53. The van der Waals surface area contributed by atoms with E-state index in [9.17, 15) is 10.1 Å². The van der Waals surface area contributed by atoms with Gasteiger partial charge in [-0.2, -0.15) is 9.94 Å². The molecular weight excluding hydrogens is 422 g/mol. The minimum absolute atomic E-state index is 0.143. The number of hydrogen-bond acceptors (Lipinski definition) is 6. The summed E-state index contributed by atoms with van der Waals surface area (Å²) in [5.74, 6) is 0.581. The van der Waals surface area contributed by atoms with Crippen LogP contribution in [0, 0.1) is 39.0 Å². The Hall–Kier alpha value is -3.12. The molecule has 1 saturated carbocycles. The number of aryl methyl sites for hydroxylation is 1. The zero-order valence-electron chi connectivity index (χ0n) is 18.8. The number of thioether (sulfide) groups is 1. The van der Waals surface area contributed by atoms with Crippen molar-refractivity contribution in [3.8, 4) is 11.8 Å². The molecule has 2 heterocycles. The molecule has 166 valence electrons. The second-order valence-corrected chi connectivity index (χ2v) is 9.23. The minimum Gasteiger partial charge on any atom is -0.327 e. The van der Waals surface area contributed by atoms with Crippen LogP contribution in [0.3, 0.4) is 0 Å². The van der Waals surface area contributed by atoms with E-state index in [2.05, 4.69) is 31.5 Å². The van der Waals surface area contributed by atoms with Gasteiger partial charge in [-0.15, -0.1) is 5.10 Å². The number of hydrogen-bond donors (Lipinski definition) is 1. The summed E-state index contributed by atoms with van der Waals surface area (Å²) >= 11 is 1.28. The van der Waals surface area contributed by atoms with Gasteiger partial charge in [-0.25, -0.2) is 0 Å². The molecule has 1 aromatic carbocycles. The van der Waals surface area contributed by atoms with Crippen LogP contribution in [-0.2, 0) is 4.79 Å². The highest BCUT2D eigenvalue weighted by Crippen LogP contribution is 2.37. The lowest BCUT2D eigenvalue weighted by Crippen LogP contribution is -2.20. The number of tetrazole rings is 1. The summed E-state index contributed by atoms with van der Waals surface area (Å²) in [4.78, 5) is 12.9.